The smallest absolute Gasteiger partial charge is 0.321 e. The van der Waals surface area contributed by atoms with Gasteiger partial charge in [-0.1, -0.05) is 13.8 Å². The average Bonchev–Trinajstić information content (AvgIpc) is 2.13. The predicted molar refractivity (Wildman–Crippen MR) is 57.1 cm³/mol. The van der Waals surface area contributed by atoms with Gasteiger partial charge in [-0.3, -0.25) is 9.69 Å². The molecule has 0 fully saturated rings. The third-order valence-corrected chi connectivity index (χ3v) is 1.94. The van der Waals surface area contributed by atoms with Gasteiger partial charge in [-0.05, 0) is 5.92 Å². The van der Waals surface area contributed by atoms with Crippen molar-refractivity contribution in [3.8, 4) is 6.07 Å². The molecule has 0 amide bonds. The molecule has 5 nitrogen and oxygen atoms in total. The zero-order chi connectivity index (χ0) is 11.8. The molecule has 0 radical (unpaired) electrons. The topological polar surface area (TPSA) is 90.4 Å². The Morgan fingerprint density at radius 1 is 1.53 bits per heavy atom. The highest BCUT2D eigenvalue weighted by Crippen LogP contribution is 2.00. The fraction of sp³-hybridized carbons (Fsp3) is 0.800. The van der Waals surface area contributed by atoms with Gasteiger partial charge in [0.15, 0.2) is 0 Å². The number of rotatable bonds is 7. The Kier molecular flexibility index (Phi) is 6.67. The van der Waals surface area contributed by atoms with Gasteiger partial charge in [0.05, 0.1) is 6.07 Å². The minimum absolute atomic E-state index is 0.301. The van der Waals surface area contributed by atoms with Crippen LogP contribution < -0.4 is 5.73 Å². The number of carbonyl (C=O) groups is 1. The molecule has 86 valence electrons. The predicted octanol–water partition coefficient (Wildman–Crippen LogP) is 0.270. The van der Waals surface area contributed by atoms with Gasteiger partial charge in [0.25, 0.3) is 0 Å². The molecule has 3 N–H and O–H groups in total. The van der Waals surface area contributed by atoms with Gasteiger partial charge in [-0.15, -0.1) is 0 Å². The van der Waals surface area contributed by atoms with E-state index >= 15 is 0 Å². The summed E-state index contributed by atoms with van der Waals surface area (Å²) in [6.07, 6.45) is 0.402. The van der Waals surface area contributed by atoms with Crippen LogP contribution >= 0.6 is 0 Å². The molecule has 0 aromatic rings. The quantitative estimate of drug-likeness (QED) is 0.633. The summed E-state index contributed by atoms with van der Waals surface area (Å²) in [7, 11) is 0. The maximum Gasteiger partial charge on any atom is 0.321 e. The number of aliphatic carboxylic acids is 1. The van der Waals surface area contributed by atoms with Crippen molar-refractivity contribution < 1.29 is 9.90 Å². The summed E-state index contributed by atoms with van der Waals surface area (Å²) in [5, 5.41) is 17.1. The number of hydrogen-bond donors (Lipinski definition) is 2. The number of hydrogen-bond acceptors (Lipinski definition) is 4. The minimum atomic E-state index is -0.999. The fourth-order valence-electron chi connectivity index (χ4n) is 1.34. The van der Waals surface area contributed by atoms with Crippen LogP contribution in [-0.2, 0) is 4.79 Å². The Balaban J connectivity index is 4.11. The van der Waals surface area contributed by atoms with E-state index in [1.807, 2.05) is 24.8 Å². The maximum atomic E-state index is 10.6. The summed E-state index contributed by atoms with van der Waals surface area (Å²) < 4.78 is 0. The summed E-state index contributed by atoms with van der Waals surface area (Å²) in [5.74, 6) is -0.564. The van der Waals surface area contributed by atoms with Crippen LogP contribution in [0.25, 0.3) is 0 Å². The molecule has 0 bridgehead atoms. The summed E-state index contributed by atoms with van der Waals surface area (Å²) in [5.41, 5.74) is 5.44. The lowest BCUT2D eigenvalue weighted by atomic mass is 10.2. The third-order valence-electron chi connectivity index (χ3n) is 1.94. The second-order valence-corrected chi connectivity index (χ2v) is 4.01. The van der Waals surface area contributed by atoms with E-state index in [4.69, 9.17) is 16.1 Å². The number of carboxylic acid groups (broad SMARTS) is 1. The Hall–Kier alpha value is -1.12. The molecule has 5 heteroatoms. The number of carboxylic acids is 1. The van der Waals surface area contributed by atoms with Gasteiger partial charge in [-0.25, -0.2) is 0 Å². The van der Waals surface area contributed by atoms with Gasteiger partial charge in [-0.2, -0.15) is 5.26 Å². The van der Waals surface area contributed by atoms with E-state index in [9.17, 15) is 4.79 Å². The molecule has 0 aliphatic rings. The molecular formula is C10H19N3O2. The van der Waals surface area contributed by atoms with Crippen molar-refractivity contribution in [1.29, 1.82) is 5.26 Å². The van der Waals surface area contributed by atoms with Gasteiger partial charge < -0.3 is 10.8 Å². The minimum Gasteiger partial charge on any atom is -0.480 e. The highest BCUT2D eigenvalue weighted by molar-refractivity contribution is 5.73. The molecule has 0 rings (SSSR count). The molecule has 15 heavy (non-hydrogen) atoms. The maximum absolute atomic E-state index is 10.6. The SMILES string of the molecule is CC(C)CN(CCC#N)CC(N)C(=O)O. The lowest BCUT2D eigenvalue weighted by Crippen LogP contribution is -2.44. The van der Waals surface area contributed by atoms with E-state index in [1.54, 1.807) is 0 Å². The molecule has 0 saturated carbocycles. The highest BCUT2D eigenvalue weighted by atomic mass is 16.4. The Morgan fingerprint density at radius 2 is 2.13 bits per heavy atom. The second-order valence-electron chi connectivity index (χ2n) is 4.01. The fourth-order valence-corrected chi connectivity index (χ4v) is 1.34. The monoisotopic (exact) mass is 213 g/mol. The Bertz CT molecular complexity index is 235. The van der Waals surface area contributed by atoms with Crippen molar-refractivity contribution >= 4 is 5.97 Å². The molecule has 0 heterocycles. The van der Waals surface area contributed by atoms with E-state index in [1.165, 1.54) is 0 Å². The summed E-state index contributed by atoms with van der Waals surface area (Å²) in [6, 6.07) is 1.17. The zero-order valence-corrected chi connectivity index (χ0v) is 9.31. The van der Waals surface area contributed by atoms with E-state index in [0.29, 0.717) is 25.4 Å². The van der Waals surface area contributed by atoms with E-state index in [0.717, 1.165) is 6.54 Å². The molecule has 1 atom stereocenters. The van der Waals surface area contributed by atoms with Gasteiger partial charge >= 0.3 is 5.97 Å². The van der Waals surface area contributed by atoms with E-state index in [-0.39, 0.29) is 0 Å². The highest BCUT2D eigenvalue weighted by Gasteiger charge is 2.16. The first kappa shape index (κ1) is 13.9. The van der Waals surface area contributed by atoms with Crippen LogP contribution in [0.5, 0.6) is 0 Å². The van der Waals surface area contributed by atoms with Crippen LogP contribution in [0.1, 0.15) is 20.3 Å². The van der Waals surface area contributed by atoms with Gasteiger partial charge in [0.2, 0.25) is 0 Å². The molecule has 0 spiro atoms. The second kappa shape index (κ2) is 7.21. The summed E-state index contributed by atoms with van der Waals surface area (Å²) in [6.45, 7) is 5.74. The van der Waals surface area contributed by atoms with Crippen molar-refractivity contribution in [2.45, 2.75) is 26.3 Å². The van der Waals surface area contributed by atoms with Crippen molar-refractivity contribution in [2.24, 2.45) is 11.7 Å². The van der Waals surface area contributed by atoms with Crippen molar-refractivity contribution in [3.05, 3.63) is 0 Å². The first-order valence-electron chi connectivity index (χ1n) is 5.05. The van der Waals surface area contributed by atoms with Crippen molar-refractivity contribution in [3.63, 3.8) is 0 Å². The molecule has 0 aliphatic carbocycles. The molecule has 0 aromatic heterocycles. The van der Waals surface area contributed by atoms with Crippen molar-refractivity contribution in [2.75, 3.05) is 19.6 Å². The lowest BCUT2D eigenvalue weighted by Gasteiger charge is -2.24. The van der Waals surface area contributed by atoms with Crippen LogP contribution in [-0.4, -0.2) is 41.7 Å². The zero-order valence-electron chi connectivity index (χ0n) is 9.31. The average molecular weight is 213 g/mol. The van der Waals surface area contributed by atoms with Gasteiger partial charge in [0.1, 0.15) is 6.04 Å². The van der Waals surface area contributed by atoms with Gasteiger partial charge in [0, 0.05) is 26.1 Å². The molecule has 0 saturated heterocycles. The first-order chi connectivity index (χ1) is 6.97. The molecule has 1 unspecified atom stereocenters. The summed E-state index contributed by atoms with van der Waals surface area (Å²) in [4.78, 5) is 12.5. The molecule has 0 aliphatic heterocycles. The van der Waals surface area contributed by atoms with Crippen LogP contribution in [0.4, 0.5) is 0 Å². The number of nitriles is 1. The van der Waals surface area contributed by atoms with Crippen molar-refractivity contribution in [1.82, 2.24) is 4.90 Å². The number of nitrogens with two attached hydrogens (primary N) is 1. The van der Waals surface area contributed by atoms with Crippen LogP contribution in [0, 0.1) is 17.2 Å². The first-order valence-corrected chi connectivity index (χ1v) is 5.05. The van der Waals surface area contributed by atoms with E-state index < -0.39 is 12.0 Å². The molecule has 0 aromatic carbocycles. The van der Waals surface area contributed by atoms with E-state index in [2.05, 4.69) is 0 Å². The Morgan fingerprint density at radius 3 is 2.53 bits per heavy atom. The summed E-state index contributed by atoms with van der Waals surface area (Å²) >= 11 is 0. The lowest BCUT2D eigenvalue weighted by molar-refractivity contribution is -0.139. The van der Waals surface area contributed by atoms with Crippen LogP contribution in [0.15, 0.2) is 0 Å². The van der Waals surface area contributed by atoms with Crippen LogP contribution in [0.2, 0.25) is 0 Å². The standard InChI is InChI=1S/C10H19N3O2/c1-8(2)6-13(5-3-4-11)7-9(12)10(14)15/h8-9H,3,5-7,12H2,1-2H3,(H,14,15). The largest absolute Gasteiger partial charge is 0.480 e. The Labute approximate surface area is 90.5 Å². The normalized spacial score (nSPS) is 12.8. The molecular weight excluding hydrogens is 194 g/mol. The van der Waals surface area contributed by atoms with Crippen LogP contribution in [0.3, 0.4) is 0 Å². The third kappa shape index (κ3) is 6.89. The number of nitrogens with zero attached hydrogens (tertiary/aromatic N) is 2.